The quantitative estimate of drug-likeness (QED) is 0.264. The first-order valence-corrected chi connectivity index (χ1v) is 10.9. The van der Waals surface area contributed by atoms with Crippen molar-refractivity contribution in [1.29, 1.82) is 0 Å². The molecule has 3 N–H and O–H groups in total. The molecule has 4 aromatic rings. The lowest BCUT2D eigenvalue weighted by Gasteiger charge is -2.13. The lowest BCUT2D eigenvalue weighted by molar-refractivity contribution is -0.274. The number of anilines is 1. The zero-order valence-corrected chi connectivity index (χ0v) is 19.3. The average Bonchev–Trinajstić information content (AvgIpc) is 3.40. The summed E-state index contributed by atoms with van der Waals surface area (Å²) < 4.78 is 80.3. The Kier molecular flexibility index (Phi) is 7.16. The first-order valence-electron chi connectivity index (χ1n) is 10.9. The number of benzene rings is 2. The molecule has 13 heteroatoms. The van der Waals surface area contributed by atoms with Gasteiger partial charge in [0.05, 0.1) is 18.4 Å². The Morgan fingerprint density at radius 3 is 2.59 bits per heavy atom. The van der Waals surface area contributed by atoms with E-state index in [-0.39, 0.29) is 18.8 Å². The Bertz CT molecular complexity index is 1410. The van der Waals surface area contributed by atoms with Crippen molar-refractivity contribution in [3.05, 3.63) is 66.1 Å². The highest BCUT2D eigenvalue weighted by Crippen LogP contribution is 2.30. The summed E-state index contributed by atoms with van der Waals surface area (Å²) in [6, 6.07) is 9.55. The summed E-state index contributed by atoms with van der Waals surface area (Å²) in [5, 5.41) is 10.0. The van der Waals surface area contributed by atoms with E-state index in [0.29, 0.717) is 38.8 Å². The minimum Gasteiger partial charge on any atom is -0.406 e. The van der Waals surface area contributed by atoms with Gasteiger partial charge in [-0.15, -0.1) is 13.2 Å². The SMILES string of the molecule is Cc1ccc(CNCC(=O)Nc2c[nH]c3ccc(-c4cnn(CC(F)(F)F)c4)cc23)cc1OC(F)(F)F. The maximum absolute atomic E-state index is 12.6. The minimum atomic E-state index is -4.81. The molecule has 0 saturated heterocycles. The Morgan fingerprint density at radius 2 is 1.86 bits per heavy atom. The van der Waals surface area contributed by atoms with Gasteiger partial charge in [-0.1, -0.05) is 18.2 Å². The number of aromatic nitrogens is 3. The second-order valence-corrected chi connectivity index (χ2v) is 8.30. The third-order valence-corrected chi connectivity index (χ3v) is 5.36. The van der Waals surface area contributed by atoms with Gasteiger partial charge in [-0.05, 0) is 41.8 Å². The molecular weight excluding hydrogens is 504 g/mol. The number of carbonyl (C=O) groups excluding carboxylic acids is 1. The number of alkyl halides is 6. The van der Waals surface area contributed by atoms with Gasteiger partial charge >= 0.3 is 12.5 Å². The first kappa shape index (κ1) is 26.1. The predicted octanol–water partition coefficient (Wildman–Crippen LogP) is 5.53. The van der Waals surface area contributed by atoms with E-state index in [0.717, 1.165) is 4.68 Å². The van der Waals surface area contributed by atoms with Crippen molar-refractivity contribution < 1.29 is 35.9 Å². The molecule has 0 bridgehead atoms. The van der Waals surface area contributed by atoms with E-state index in [4.69, 9.17) is 0 Å². The zero-order valence-electron chi connectivity index (χ0n) is 19.3. The van der Waals surface area contributed by atoms with Gasteiger partial charge in [-0.2, -0.15) is 18.3 Å². The van der Waals surface area contributed by atoms with Crippen molar-refractivity contribution in [2.75, 3.05) is 11.9 Å². The third-order valence-electron chi connectivity index (χ3n) is 5.36. The summed E-state index contributed by atoms with van der Waals surface area (Å²) in [6.45, 7) is 0.293. The average molecular weight is 525 g/mol. The van der Waals surface area contributed by atoms with Gasteiger partial charge in [0.15, 0.2) is 0 Å². The van der Waals surface area contributed by atoms with Crippen LogP contribution in [-0.4, -0.2) is 39.8 Å². The van der Waals surface area contributed by atoms with E-state index < -0.39 is 25.0 Å². The van der Waals surface area contributed by atoms with Crippen LogP contribution in [0, 0.1) is 6.92 Å². The van der Waals surface area contributed by atoms with Gasteiger partial charge in [0, 0.05) is 35.4 Å². The molecule has 4 rings (SSSR count). The van der Waals surface area contributed by atoms with E-state index in [9.17, 15) is 31.1 Å². The predicted molar refractivity (Wildman–Crippen MR) is 124 cm³/mol. The van der Waals surface area contributed by atoms with Crippen LogP contribution in [-0.2, 0) is 17.9 Å². The summed E-state index contributed by atoms with van der Waals surface area (Å²) in [7, 11) is 0. The van der Waals surface area contributed by atoms with E-state index >= 15 is 0 Å². The number of rotatable bonds is 8. The van der Waals surface area contributed by atoms with Crippen LogP contribution in [0.2, 0.25) is 0 Å². The molecule has 1 amide bonds. The summed E-state index contributed by atoms with van der Waals surface area (Å²) in [5.74, 6) is -0.710. The number of nitrogens with zero attached hydrogens (tertiary/aromatic N) is 2. The number of carbonyl (C=O) groups is 1. The molecule has 7 nitrogen and oxygen atoms in total. The number of aryl methyl sites for hydroxylation is 1. The van der Waals surface area contributed by atoms with Crippen LogP contribution in [0.15, 0.2) is 55.0 Å². The zero-order chi connectivity index (χ0) is 26.8. The van der Waals surface area contributed by atoms with Crippen LogP contribution < -0.4 is 15.4 Å². The number of halogens is 6. The summed E-state index contributed by atoms with van der Waals surface area (Å²) in [5.41, 5.74) is 3.09. The highest BCUT2D eigenvalue weighted by atomic mass is 19.4. The van der Waals surface area contributed by atoms with Crippen molar-refractivity contribution in [2.45, 2.75) is 32.6 Å². The topological polar surface area (TPSA) is 84.0 Å². The molecule has 2 aromatic heterocycles. The van der Waals surface area contributed by atoms with Gasteiger partial charge in [-0.25, -0.2) is 0 Å². The van der Waals surface area contributed by atoms with E-state index in [2.05, 4.69) is 25.5 Å². The van der Waals surface area contributed by atoms with Crippen molar-refractivity contribution in [3.63, 3.8) is 0 Å². The van der Waals surface area contributed by atoms with E-state index in [1.165, 1.54) is 31.5 Å². The van der Waals surface area contributed by atoms with Crippen LogP contribution in [0.4, 0.5) is 32.0 Å². The van der Waals surface area contributed by atoms with Crippen LogP contribution >= 0.6 is 0 Å². The van der Waals surface area contributed by atoms with Gasteiger partial charge in [-0.3, -0.25) is 9.48 Å². The third kappa shape index (κ3) is 7.03. The molecular formula is C24H21F6N5O2. The Morgan fingerprint density at radius 1 is 1.08 bits per heavy atom. The second kappa shape index (κ2) is 10.2. The number of amides is 1. The number of H-pyrrole nitrogens is 1. The first-order chi connectivity index (χ1) is 17.4. The second-order valence-electron chi connectivity index (χ2n) is 8.30. The van der Waals surface area contributed by atoms with Gasteiger partial charge in [0.25, 0.3) is 0 Å². The van der Waals surface area contributed by atoms with Crippen LogP contribution in [0.5, 0.6) is 5.75 Å². The molecule has 196 valence electrons. The largest absolute Gasteiger partial charge is 0.573 e. The monoisotopic (exact) mass is 525 g/mol. The van der Waals surface area contributed by atoms with Crippen molar-refractivity contribution >= 4 is 22.5 Å². The number of aromatic amines is 1. The lowest BCUT2D eigenvalue weighted by atomic mass is 10.1. The lowest BCUT2D eigenvalue weighted by Crippen LogP contribution is -2.27. The number of fused-ring (bicyclic) bond motifs is 1. The standard InChI is InChI=1S/C24H21F6N5O2/c1-14-2-3-15(6-21(14)37-24(28,29)30)8-31-11-22(36)34-20-10-32-19-5-4-16(7-18(19)20)17-9-33-35(12-17)13-23(25,26)27/h2-7,9-10,12,31-32H,8,11,13H2,1H3,(H,34,36). The smallest absolute Gasteiger partial charge is 0.406 e. The molecule has 0 fully saturated rings. The summed E-state index contributed by atoms with van der Waals surface area (Å²) in [6.07, 6.45) is -4.99. The van der Waals surface area contributed by atoms with E-state index in [1.54, 1.807) is 30.5 Å². The molecule has 2 heterocycles. The number of ether oxygens (including phenoxy) is 1. The molecule has 0 aliphatic heterocycles. The van der Waals surface area contributed by atoms with Crippen molar-refractivity contribution in [1.82, 2.24) is 20.1 Å². The molecule has 0 radical (unpaired) electrons. The fourth-order valence-electron chi connectivity index (χ4n) is 3.69. The number of nitrogens with one attached hydrogen (secondary N) is 3. The number of hydrogen-bond acceptors (Lipinski definition) is 4. The van der Waals surface area contributed by atoms with Gasteiger partial charge in [0.2, 0.25) is 5.91 Å². The molecule has 0 aliphatic rings. The molecule has 0 atom stereocenters. The fraction of sp³-hybridized carbons (Fsp3) is 0.250. The highest BCUT2D eigenvalue weighted by Gasteiger charge is 2.32. The minimum absolute atomic E-state index is 0.125. The summed E-state index contributed by atoms with van der Waals surface area (Å²) >= 11 is 0. The molecule has 0 saturated carbocycles. The van der Waals surface area contributed by atoms with Crippen molar-refractivity contribution in [2.24, 2.45) is 0 Å². The number of hydrogen-bond donors (Lipinski definition) is 3. The van der Waals surface area contributed by atoms with Crippen LogP contribution in [0.3, 0.4) is 0 Å². The van der Waals surface area contributed by atoms with Crippen LogP contribution in [0.1, 0.15) is 11.1 Å². The normalized spacial score (nSPS) is 12.2. The van der Waals surface area contributed by atoms with Gasteiger partial charge in [0.1, 0.15) is 12.3 Å². The molecule has 2 aromatic carbocycles. The summed E-state index contributed by atoms with van der Waals surface area (Å²) in [4.78, 5) is 15.5. The maximum atomic E-state index is 12.6. The van der Waals surface area contributed by atoms with Crippen molar-refractivity contribution in [3.8, 4) is 16.9 Å². The fourth-order valence-corrected chi connectivity index (χ4v) is 3.69. The van der Waals surface area contributed by atoms with Crippen LogP contribution in [0.25, 0.3) is 22.0 Å². The maximum Gasteiger partial charge on any atom is 0.573 e. The Hall–Kier alpha value is -4.00. The Balaban J connectivity index is 1.38. The molecule has 0 unspecified atom stereocenters. The Labute approximate surface area is 206 Å². The van der Waals surface area contributed by atoms with E-state index in [1.807, 2.05) is 0 Å². The molecule has 0 aliphatic carbocycles. The highest BCUT2D eigenvalue weighted by molar-refractivity contribution is 6.03. The van der Waals surface area contributed by atoms with Gasteiger partial charge < -0.3 is 20.4 Å². The molecule has 0 spiro atoms. The molecule has 37 heavy (non-hydrogen) atoms.